The first-order chi connectivity index (χ1) is 48.3. The van der Waals surface area contributed by atoms with Crippen LogP contribution >= 0.6 is 0 Å². The van der Waals surface area contributed by atoms with Gasteiger partial charge >= 0.3 is 0 Å². The van der Waals surface area contributed by atoms with Crippen LogP contribution in [-0.4, -0.2) is 193 Å². The van der Waals surface area contributed by atoms with Crippen molar-refractivity contribution in [1.82, 2.24) is 5.32 Å². The van der Waals surface area contributed by atoms with Crippen molar-refractivity contribution in [3.05, 3.63) is 12.2 Å². The van der Waals surface area contributed by atoms with E-state index in [0.717, 1.165) is 44.9 Å². The Balaban J connectivity index is 1.36. The van der Waals surface area contributed by atoms with Crippen LogP contribution in [0.25, 0.3) is 0 Å². The number of aliphatic hydroxyl groups excluding tert-OH is 11. The molecule has 1 amide bonds. The largest absolute Gasteiger partial charge is 0.394 e. The van der Waals surface area contributed by atoms with E-state index in [4.69, 9.17) is 28.4 Å². The Morgan fingerprint density at radius 3 is 0.980 bits per heavy atom. The second-order valence-corrected chi connectivity index (χ2v) is 29.9. The first kappa shape index (κ1) is 91.7. The molecule has 3 aliphatic rings. The molecule has 586 valence electrons. The van der Waals surface area contributed by atoms with Gasteiger partial charge in [0.25, 0.3) is 0 Å². The molecule has 3 saturated heterocycles. The maximum Gasteiger partial charge on any atom is 0.220 e. The summed E-state index contributed by atoms with van der Waals surface area (Å²) in [6.07, 6.45) is 45.9. The monoisotopic (exact) mass is 1420 g/mol. The molecule has 19 nitrogen and oxygen atoms in total. The molecule has 3 heterocycles. The van der Waals surface area contributed by atoms with E-state index in [0.29, 0.717) is 12.8 Å². The predicted octanol–water partition coefficient (Wildman–Crippen LogP) is 14.0. The van der Waals surface area contributed by atoms with Crippen molar-refractivity contribution in [3.63, 3.8) is 0 Å². The van der Waals surface area contributed by atoms with E-state index in [2.05, 4.69) is 31.3 Å². The summed E-state index contributed by atoms with van der Waals surface area (Å²) in [6, 6.07) is -0.886. The fourth-order valence-electron chi connectivity index (χ4n) is 14.4. The molecule has 12 N–H and O–H groups in total. The van der Waals surface area contributed by atoms with E-state index >= 15 is 0 Å². The lowest BCUT2D eigenvalue weighted by Gasteiger charge is -2.48. The summed E-state index contributed by atoms with van der Waals surface area (Å²) >= 11 is 0. The van der Waals surface area contributed by atoms with Crippen LogP contribution in [0.2, 0.25) is 0 Å². The molecular formula is C80H153NO18. The summed E-state index contributed by atoms with van der Waals surface area (Å²) in [4.78, 5) is 13.5. The molecule has 99 heavy (non-hydrogen) atoms. The Morgan fingerprint density at radius 1 is 0.354 bits per heavy atom. The van der Waals surface area contributed by atoms with Crippen LogP contribution in [-0.2, 0) is 33.2 Å². The zero-order valence-electron chi connectivity index (χ0n) is 62.8. The Bertz CT molecular complexity index is 1840. The number of hydrogen-bond acceptors (Lipinski definition) is 18. The number of unbranched alkanes of at least 4 members (excludes halogenated alkanes) is 49. The van der Waals surface area contributed by atoms with Crippen LogP contribution in [0.15, 0.2) is 12.2 Å². The topological polar surface area (TPSA) is 307 Å². The molecule has 0 aromatic rings. The second-order valence-electron chi connectivity index (χ2n) is 29.9. The second kappa shape index (κ2) is 61.7. The van der Waals surface area contributed by atoms with Gasteiger partial charge in [0, 0.05) is 6.42 Å². The van der Waals surface area contributed by atoms with Gasteiger partial charge in [-0.2, -0.15) is 0 Å². The normalized spacial score (nSPS) is 26.6. The van der Waals surface area contributed by atoms with Crippen molar-refractivity contribution in [2.24, 2.45) is 0 Å². The minimum atomic E-state index is -1.97. The van der Waals surface area contributed by atoms with Gasteiger partial charge in [-0.25, -0.2) is 0 Å². The minimum Gasteiger partial charge on any atom is -0.394 e. The van der Waals surface area contributed by atoms with Crippen molar-refractivity contribution >= 4 is 5.91 Å². The number of nitrogens with one attached hydrogen (secondary N) is 1. The third kappa shape index (κ3) is 41.9. The number of hydrogen-bond donors (Lipinski definition) is 12. The number of allylic oxidation sites excluding steroid dienone is 2. The SMILES string of the molecule is CCCCCCCCCC/C=C\CCCCCCCCCCCCCCCCCC(=O)NC(COC1OC(CO)C(OC2OC(CO)C(OC3OC(CO)C(O)C(O)C3O)C(O)C2O)C(O)C1O)C(O)CCCCCCCCCCCCCCCCCCCCCCCCCCCCC. The first-order valence-corrected chi connectivity index (χ1v) is 41.4. The van der Waals surface area contributed by atoms with Gasteiger partial charge in [0.15, 0.2) is 18.9 Å². The lowest BCUT2D eigenvalue weighted by atomic mass is 9.96. The molecule has 0 bridgehead atoms. The highest BCUT2D eigenvalue weighted by molar-refractivity contribution is 5.76. The highest BCUT2D eigenvalue weighted by Gasteiger charge is 2.54. The van der Waals surface area contributed by atoms with Crippen LogP contribution in [0, 0.1) is 0 Å². The molecule has 3 aliphatic heterocycles. The molecule has 3 rings (SSSR count). The molecule has 19 heteroatoms. The molecule has 0 aromatic heterocycles. The van der Waals surface area contributed by atoms with Crippen molar-refractivity contribution < 1.29 is 89.4 Å². The van der Waals surface area contributed by atoms with Crippen LogP contribution < -0.4 is 5.32 Å². The van der Waals surface area contributed by atoms with Crippen molar-refractivity contribution in [2.75, 3.05) is 26.4 Å². The van der Waals surface area contributed by atoms with Gasteiger partial charge in [-0.05, 0) is 38.5 Å². The molecule has 0 spiro atoms. The van der Waals surface area contributed by atoms with Crippen molar-refractivity contribution in [3.8, 4) is 0 Å². The molecule has 0 radical (unpaired) electrons. The van der Waals surface area contributed by atoms with E-state index in [1.165, 1.54) is 283 Å². The Kier molecular flexibility index (Phi) is 57.1. The number of rotatable bonds is 67. The smallest absolute Gasteiger partial charge is 0.220 e. The summed E-state index contributed by atoms with van der Waals surface area (Å²) in [7, 11) is 0. The number of aliphatic hydroxyl groups is 11. The zero-order valence-corrected chi connectivity index (χ0v) is 62.8. The van der Waals surface area contributed by atoms with Crippen molar-refractivity contribution in [1.29, 1.82) is 0 Å². The summed E-state index contributed by atoms with van der Waals surface area (Å²) in [5, 5.41) is 121. The third-order valence-corrected chi connectivity index (χ3v) is 21.1. The van der Waals surface area contributed by atoms with E-state index in [1.54, 1.807) is 0 Å². The van der Waals surface area contributed by atoms with Gasteiger partial charge < -0.3 is 89.9 Å². The van der Waals surface area contributed by atoms with Crippen LogP contribution in [0.4, 0.5) is 0 Å². The summed E-state index contributed by atoms with van der Waals surface area (Å²) in [5.74, 6) is -0.235. The fourth-order valence-corrected chi connectivity index (χ4v) is 14.4. The molecule has 0 aliphatic carbocycles. The number of ether oxygens (including phenoxy) is 6. The number of amides is 1. The Morgan fingerprint density at radius 2 is 0.636 bits per heavy atom. The number of carbonyl (C=O) groups is 1. The minimum absolute atomic E-state index is 0.235. The zero-order chi connectivity index (χ0) is 71.8. The van der Waals surface area contributed by atoms with Crippen LogP contribution in [0.1, 0.15) is 361 Å². The summed E-state index contributed by atoms with van der Waals surface area (Å²) in [5.41, 5.74) is 0. The van der Waals surface area contributed by atoms with E-state index in [1.807, 2.05) is 0 Å². The molecular weight excluding hydrogens is 1260 g/mol. The molecule has 17 atom stereocenters. The number of carbonyl (C=O) groups excluding carboxylic acids is 1. The van der Waals surface area contributed by atoms with E-state index in [-0.39, 0.29) is 18.9 Å². The maximum absolute atomic E-state index is 13.5. The third-order valence-electron chi connectivity index (χ3n) is 21.1. The lowest BCUT2D eigenvalue weighted by Crippen LogP contribution is -2.66. The standard InChI is InChI=1S/C80H153NO18/c1-3-5-7-9-11-13-15-17-19-21-23-25-27-29-31-33-35-37-39-41-43-45-47-49-51-53-55-57-64(85)63(81-68(86)58-56-54-52-50-48-46-44-42-40-38-36-34-32-30-28-26-24-22-20-18-16-14-12-10-8-6-4-2)62-94-78-74(92)71(89)76(66(60-83)96-78)99-80-75(93)72(90)77(67(61-84)97-80)98-79-73(91)70(88)69(87)65(59-82)95-79/h22,24,63-67,69-80,82-85,87-93H,3-21,23,25-62H2,1-2H3,(H,81,86)/b24-22-. The quantitative estimate of drug-likeness (QED) is 0.0199. The van der Waals surface area contributed by atoms with Gasteiger partial charge in [-0.15, -0.1) is 0 Å². The van der Waals surface area contributed by atoms with Gasteiger partial charge in [0.2, 0.25) is 5.91 Å². The molecule has 0 aromatic carbocycles. The fraction of sp³-hybridized carbons (Fsp3) is 0.963. The van der Waals surface area contributed by atoms with Gasteiger partial charge in [0.05, 0.1) is 38.6 Å². The summed E-state index contributed by atoms with van der Waals surface area (Å²) < 4.78 is 34.6. The Labute approximate surface area is 601 Å². The highest BCUT2D eigenvalue weighted by atomic mass is 16.8. The van der Waals surface area contributed by atoms with Crippen LogP contribution in [0.3, 0.4) is 0 Å². The Hall–Kier alpha value is -1.47. The van der Waals surface area contributed by atoms with Gasteiger partial charge in [0.1, 0.15) is 73.2 Å². The average molecular weight is 1420 g/mol. The predicted molar refractivity (Wildman–Crippen MR) is 393 cm³/mol. The molecule has 0 saturated carbocycles. The summed E-state index contributed by atoms with van der Waals surface area (Å²) in [6.45, 7) is 1.87. The van der Waals surface area contributed by atoms with E-state index in [9.17, 15) is 61.0 Å². The van der Waals surface area contributed by atoms with Gasteiger partial charge in [-0.1, -0.05) is 328 Å². The van der Waals surface area contributed by atoms with Crippen LogP contribution in [0.5, 0.6) is 0 Å². The maximum atomic E-state index is 13.5. The molecule has 17 unspecified atom stereocenters. The lowest BCUT2D eigenvalue weighted by molar-refractivity contribution is -0.379. The van der Waals surface area contributed by atoms with Gasteiger partial charge in [-0.3, -0.25) is 4.79 Å². The first-order valence-electron chi connectivity index (χ1n) is 41.4. The average Bonchev–Trinajstić information content (AvgIpc) is 0.784. The van der Waals surface area contributed by atoms with E-state index < -0.39 is 124 Å². The molecule has 3 fully saturated rings. The van der Waals surface area contributed by atoms with Crippen molar-refractivity contribution in [2.45, 2.75) is 465 Å². The highest BCUT2D eigenvalue weighted by Crippen LogP contribution is 2.33.